The van der Waals surface area contributed by atoms with Crippen molar-refractivity contribution in [3.05, 3.63) is 17.2 Å². The van der Waals surface area contributed by atoms with E-state index in [1.807, 2.05) is 25.7 Å². The van der Waals surface area contributed by atoms with Gasteiger partial charge in [-0.25, -0.2) is 9.78 Å². The number of carbonyl (C=O) groups excluding carboxylic acids is 1. The molecule has 2 aliphatic rings. The van der Waals surface area contributed by atoms with Gasteiger partial charge in [0.2, 0.25) is 0 Å². The van der Waals surface area contributed by atoms with Crippen molar-refractivity contribution in [3.63, 3.8) is 0 Å². The second-order valence-electron chi connectivity index (χ2n) is 7.94. The molecule has 128 valence electrons. The summed E-state index contributed by atoms with van der Waals surface area (Å²) in [6, 6.07) is 0.199. The standard InChI is InChI=1S/C18H29N3O2/c1-12-8-7-11-15(21(12)17(22)23-18(2,3)4)16-19-13-9-5-6-10-14(13)20-16/h12,15H,5-11H2,1-4H3,(H,19,20). The summed E-state index contributed by atoms with van der Waals surface area (Å²) in [7, 11) is 0. The van der Waals surface area contributed by atoms with Gasteiger partial charge >= 0.3 is 6.09 Å². The highest BCUT2D eigenvalue weighted by Gasteiger charge is 2.37. The van der Waals surface area contributed by atoms with Crippen molar-refractivity contribution < 1.29 is 9.53 Å². The maximum Gasteiger partial charge on any atom is 0.411 e. The minimum absolute atomic E-state index is 0.0131. The first-order valence-corrected chi connectivity index (χ1v) is 8.94. The van der Waals surface area contributed by atoms with Gasteiger partial charge in [-0.2, -0.15) is 0 Å². The summed E-state index contributed by atoms with van der Waals surface area (Å²) in [5.74, 6) is 0.953. The summed E-state index contributed by atoms with van der Waals surface area (Å²) in [5, 5.41) is 0. The smallest absolute Gasteiger partial charge is 0.411 e. The predicted octanol–water partition coefficient (Wildman–Crippen LogP) is 4.14. The highest BCUT2D eigenvalue weighted by atomic mass is 16.6. The van der Waals surface area contributed by atoms with Crippen molar-refractivity contribution in [1.82, 2.24) is 14.9 Å². The molecule has 1 aliphatic carbocycles. The van der Waals surface area contributed by atoms with Crippen LogP contribution in [0.2, 0.25) is 0 Å². The Bertz CT molecular complexity index is 550. The lowest BCUT2D eigenvalue weighted by Crippen LogP contribution is -2.46. The van der Waals surface area contributed by atoms with E-state index < -0.39 is 5.60 Å². The molecule has 0 bridgehead atoms. The molecular weight excluding hydrogens is 290 g/mol. The number of aryl methyl sites for hydroxylation is 2. The van der Waals surface area contributed by atoms with E-state index in [9.17, 15) is 4.79 Å². The number of fused-ring (bicyclic) bond motifs is 1. The van der Waals surface area contributed by atoms with Crippen molar-refractivity contribution in [3.8, 4) is 0 Å². The van der Waals surface area contributed by atoms with Crippen molar-refractivity contribution in [2.75, 3.05) is 0 Å². The van der Waals surface area contributed by atoms with E-state index in [0.717, 1.165) is 37.9 Å². The average Bonchev–Trinajstić information content (AvgIpc) is 2.88. The fourth-order valence-electron chi connectivity index (χ4n) is 3.72. The Morgan fingerprint density at radius 1 is 1.22 bits per heavy atom. The number of aromatic amines is 1. The van der Waals surface area contributed by atoms with Crippen molar-refractivity contribution in [2.45, 2.75) is 90.3 Å². The van der Waals surface area contributed by atoms with Crippen molar-refractivity contribution in [2.24, 2.45) is 0 Å². The van der Waals surface area contributed by atoms with Gasteiger partial charge in [-0.1, -0.05) is 0 Å². The van der Waals surface area contributed by atoms with Crippen LogP contribution in [0.3, 0.4) is 0 Å². The lowest BCUT2D eigenvalue weighted by Gasteiger charge is -2.40. The number of H-pyrrole nitrogens is 1. The summed E-state index contributed by atoms with van der Waals surface area (Å²) in [6.45, 7) is 7.86. The van der Waals surface area contributed by atoms with Crippen LogP contribution in [-0.2, 0) is 17.6 Å². The van der Waals surface area contributed by atoms with Crippen LogP contribution in [0, 0.1) is 0 Å². The van der Waals surface area contributed by atoms with E-state index >= 15 is 0 Å². The first-order chi connectivity index (χ1) is 10.8. The largest absolute Gasteiger partial charge is 0.444 e. The number of carbonyl (C=O) groups is 1. The van der Waals surface area contributed by atoms with Crippen molar-refractivity contribution >= 4 is 6.09 Å². The molecule has 5 nitrogen and oxygen atoms in total. The molecule has 1 fully saturated rings. The number of rotatable bonds is 1. The Morgan fingerprint density at radius 2 is 1.96 bits per heavy atom. The van der Waals surface area contributed by atoms with Gasteiger partial charge in [0, 0.05) is 11.7 Å². The zero-order chi connectivity index (χ0) is 16.6. The quantitative estimate of drug-likeness (QED) is 0.846. The maximum absolute atomic E-state index is 12.7. The molecule has 1 aromatic heterocycles. The van der Waals surface area contributed by atoms with E-state index in [0.29, 0.717) is 0 Å². The number of likely N-dealkylation sites (tertiary alicyclic amines) is 1. The molecule has 1 aliphatic heterocycles. The van der Waals surface area contributed by atoms with E-state index in [2.05, 4.69) is 11.9 Å². The molecule has 0 saturated carbocycles. The van der Waals surface area contributed by atoms with Crippen molar-refractivity contribution in [1.29, 1.82) is 0 Å². The molecule has 23 heavy (non-hydrogen) atoms. The van der Waals surface area contributed by atoms with Gasteiger partial charge in [-0.15, -0.1) is 0 Å². The first kappa shape index (κ1) is 16.3. The first-order valence-electron chi connectivity index (χ1n) is 8.94. The summed E-state index contributed by atoms with van der Waals surface area (Å²) < 4.78 is 5.65. The fourth-order valence-corrected chi connectivity index (χ4v) is 3.72. The summed E-state index contributed by atoms with van der Waals surface area (Å²) in [6.07, 6.45) is 7.46. The lowest BCUT2D eigenvalue weighted by atomic mass is 9.96. The number of imidazole rings is 1. The number of nitrogens with zero attached hydrogens (tertiary/aromatic N) is 2. The van der Waals surface area contributed by atoms with Crippen LogP contribution in [-0.4, -0.2) is 32.6 Å². The second-order valence-corrected chi connectivity index (χ2v) is 7.94. The number of piperidine rings is 1. The average molecular weight is 319 g/mol. The monoisotopic (exact) mass is 319 g/mol. The molecule has 1 amide bonds. The Balaban J connectivity index is 1.85. The van der Waals surface area contributed by atoms with E-state index in [-0.39, 0.29) is 18.2 Å². The number of amides is 1. The van der Waals surface area contributed by atoms with Gasteiger partial charge in [-0.05, 0) is 72.6 Å². The molecule has 1 aromatic rings. The summed E-state index contributed by atoms with van der Waals surface area (Å²) >= 11 is 0. The molecule has 2 heterocycles. The topological polar surface area (TPSA) is 58.2 Å². The Labute approximate surface area is 138 Å². The van der Waals surface area contributed by atoms with Crippen LogP contribution in [0.4, 0.5) is 4.79 Å². The molecule has 1 saturated heterocycles. The Hall–Kier alpha value is -1.52. The number of ether oxygens (including phenoxy) is 1. The highest BCUT2D eigenvalue weighted by molar-refractivity contribution is 5.69. The van der Waals surface area contributed by atoms with Crippen LogP contribution in [0.1, 0.15) is 83.1 Å². The Kier molecular flexibility index (Phi) is 4.39. The number of nitrogens with one attached hydrogen (secondary N) is 1. The molecule has 1 N–H and O–H groups in total. The van der Waals surface area contributed by atoms with Crippen LogP contribution in [0.5, 0.6) is 0 Å². The normalized spacial score (nSPS) is 25.1. The van der Waals surface area contributed by atoms with E-state index in [1.54, 1.807) is 0 Å². The molecular formula is C18H29N3O2. The van der Waals surface area contributed by atoms with Gasteiger partial charge in [0.25, 0.3) is 0 Å². The molecule has 2 atom stereocenters. The number of hydrogen-bond acceptors (Lipinski definition) is 3. The fraction of sp³-hybridized carbons (Fsp3) is 0.778. The van der Waals surface area contributed by atoms with E-state index in [4.69, 9.17) is 9.72 Å². The van der Waals surface area contributed by atoms with Gasteiger partial charge in [0.15, 0.2) is 0 Å². The number of aromatic nitrogens is 2. The lowest BCUT2D eigenvalue weighted by molar-refractivity contribution is -0.00447. The van der Waals surface area contributed by atoms with Gasteiger partial charge in [0.05, 0.1) is 11.7 Å². The minimum atomic E-state index is -0.471. The van der Waals surface area contributed by atoms with Gasteiger partial charge < -0.3 is 9.72 Å². The van der Waals surface area contributed by atoms with Crippen LogP contribution in [0.25, 0.3) is 0 Å². The van der Waals surface area contributed by atoms with Crippen LogP contribution < -0.4 is 0 Å². The van der Waals surface area contributed by atoms with Crippen LogP contribution >= 0.6 is 0 Å². The molecule has 0 radical (unpaired) electrons. The second kappa shape index (κ2) is 6.17. The van der Waals surface area contributed by atoms with Gasteiger partial charge in [0.1, 0.15) is 11.4 Å². The third-order valence-corrected chi connectivity index (χ3v) is 4.80. The summed E-state index contributed by atoms with van der Waals surface area (Å²) in [4.78, 5) is 23.0. The Morgan fingerprint density at radius 3 is 2.65 bits per heavy atom. The molecule has 0 spiro atoms. The predicted molar refractivity (Wildman–Crippen MR) is 89.4 cm³/mol. The molecule has 2 unspecified atom stereocenters. The minimum Gasteiger partial charge on any atom is -0.444 e. The zero-order valence-electron chi connectivity index (χ0n) is 14.8. The van der Waals surface area contributed by atoms with Gasteiger partial charge in [-0.3, -0.25) is 4.90 Å². The third kappa shape index (κ3) is 3.54. The SMILES string of the molecule is CC1CCCC(c2nc3c([nH]2)CCCC3)N1C(=O)OC(C)(C)C. The molecule has 3 rings (SSSR count). The maximum atomic E-state index is 12.7. The number of hydrogen-bond donors (Lipinski definition) is 1. The third-order valence-electron chi connectivity index (χ3n) is 4.80. The molecule has 5 heteroatoms. The molecule has 0 aromatic carbocycles. The van der Waals surface area contributed by atoms with Crippen LogP contribution in [0.15, 0.2) is 0 Å². The van der Waals surface area contributed by atoms with E-state index in [1.165, 1.54) is 24.2 Å². The summed E-state index contributed by atoms with van der Waals surface area (Å²) in [5.41, 5.74) is 2.00. The highest BCUT2D eigenvalue weighted by Crippen LogP contribution is 2.35. The zero-order valence-corrected chi connectivity index (χ0v) is 14.8.